The Balaban J connectivity index is 1.97. The normalized spacial score (nSPS) is 10.5. The van der Waals surface area contributed by atoms with Gasteiger partial charge in [-0.25, -0.2) is 4.98 Å². The minimum Gasteiger partial charge on any atom is -0.333 e. The summed E-state index contributed by atoms with van der Waals surface area (Å²) in [6, 6.07) is 0. The van der Waals surface area contributed by atoms with Gasteiger partial charge in [0.1, 0.15) is 5.82 Å². The third-order valence-corrected chi connectivity index (χ3v) is 1.93. The standard InChI is InChI=1S/C8H11N5/c1-8-9-4-5-12(8)6-7-13-10-2-3-11-13/h2-5H,6-7H2,1H3. The Bertz CT molecular complexity index is 362. The van der Waals surface area contributed by atoms with E-state index in [1.807, 2.05) is 13.1 Å². The van der Waals surface area contributed by atoms with Crippen LogP contribution < -0.4 is 0 Å². The lowest BCUT2D eigenvalue weighted by Crippen LogP contribution is -2.10. The van der Waals surface area contributed by atoms with Crippen molar-refractivity contribution < 1.29 is 0 Å². The first-order valence-corrected chi connectivity index (χ1v) is 4.18. The van der Waals surface area contributed by atoms with Crippen molar-refractivity contribution in [3.05, 3.63) is 30.6 Å². The van der Waals surface area contributed by atoms with E-state index in [1.165, 1.54) is 0 Å². The molecule has 0 bridgehead atoms. The molecule has 0 saturated carbocycles. The molecule has 0 aliphatic carbocycles. The molecule has 2 heterocycles. The van der Waals surface area contributed by atoms with Crippen LogP contribution in [0.2, 0.25) is 0 Å². The SMILES string of the molecule is Cc1nccn1CCn1nccn1. The van der Waals surface area contributed by atoms with Crippen molar-refractivity contribution in [1.82, 2.24) is 24.5 Å². The first-order valence-electron chi connectivity index (χ1n) is 4.18. The molecule has 0 N–H and O–H groups in total. The number of nitrogens with zero attached hydrogens (tertiary/aromatic N) is 5. The van der Waals surface area contributed by atoms with Crippen LogP contribution in [0, 0.1) is 6.92 Å². The number of rotatable bonds is 3. The zero-order chi connectivity index (χ0) is 9.10. The van der Waals surface area contributed by atoms with Crippen LogP contribution in [0.5, 0.6) is 0 Å². The van der Waals surface area contributed by atoms with E-state index in [9.17, 15) is 0 Å². The third kappa shape index (κ3) is 1.74. The molecule has 2 aromatic rings. The van der Waals surface area contributed by atoms with E-state index >= 15 is 0 Å². The maximum atomic E-state index is 4.13. The first-order chi connectivity index (χ1) is 6.36. The summed E-state index contributed by atoms with van der Waals surface area (Å²) < 4.78 is 2.07. The molecule has 0 aliphatic heterocycles. The lowest BCUT2D eigenvalue weighted by Gasteiger charge is -2.03. The van der Waals surface area contributed by atoms with Gasteiger partial charge in [0, 0.05) is 18.9 Å². The van der Waals surface area contributed by atoms with Crippen LogP contribution in [0.25, 0.3) is 0 Å². The minimum absolute atomic E-state index is 0.782. The van der Waals surface area contributed by atoms with Crippen molar-refractivity contribution >= 4 is 0 Å². The van der Waals surface area contributed by atoms with Crippen molar-refractivity contribution in [2.24, 2.45) is 0 Å². The second kappa shape index (κ2) is 3.38. The molecule has 0 atom stereocenters. The molecule has 0 spiro atoms. The first kappa shape index (κ1) is 7.97. The van der Waals surface area contributed by atoms with E-state index in [0.29, 0.717) is 0 Å². The third-order valence-electron chi connectivity index (χ3n) is 1.93. The summed E-state index contributed by atoms with van der Waals surface area (Å²) in [7, 11) is 0. The molecule has 2 aromatic heterocycles. The summed E-state index contributed by atoms with van der Waals surface area (Å²) in [4.78, 5) is 5.80. The summed E-state index contributed by atoms with van der Waals surface area (Å²) in [5.41, 5.74) is 0. The van der Waals surface area contributed by atoms with Crippen molar-refractivity contribution in [3.8, 4) is 0 Å². The second-order valence-electron chi connectivity index (χ2n) is 2.79. The summed E-state index contributed by atoms with van der Waals surface area (Å²) in [6.45, 7) is 3.63. The Morgan fingerprint density at radius 3 is 2.54 bits per heavy atom. The van der Waals surface area contributed by atoms with E-state index in [4.69, 9.17) is 0 Å². The Kier molecular flexibility index (Phi) is 2.08. The number of aromatic nitrogens is 5. The summed E-state index contributed by atoms with van der Waals surface area (Å²) in [5, 5.41) is 8.03. The van der Waals surface area contributed by atoms with Crippen LogP contribution in [-0.4, -0.2) is 24.5 Å². The van der Waals surface area contributed by atoms with Crippen LogP contribution in [0.3, 0.4) is 0 Å². The average molecular weight is 177 g/mol. The molecule has 5 nitrogen and oxygen atoms in total. The lowest BCUT2D eigenvalue weighted by atomic mass is 10.6. The van der Waals surface area contributed by atoms with Gasteiger partial charge in [0.2, 0.25) is 0 Å². The largest absolute Gasteiger partial charge is 0.333 e. The maximum Gasteiger partial charge on any atom is 0.105 e. The van der Waals surface area contributed by atoms with E-state index in [-0.39, 0.29) is 0 Å². The van der Waals surface area contributed by atoms with Crippen LogP contribution >= 0.6 is 0 Å². The fraction of sp³-hybridized carbons (Fsp3) is 0.375. The molecule has 5 heteroatoms. The lowest BCUT2D eigenvalue weighted by molar-refractivity contribution is 0.476. The fourth-order valence-electron chi connectivity index (χ4n) is 1.20. The Hall–Kier alpha value is -1.65. The smallest absolute Gasteiger partial charge is 0.105 e. The zero-order valence-electron chi connectivity index (χ0n) is 7.46. The van der Waals surface area contributed by atoms with Gasteiger partial charge in [-0.15, -0.1) is 0 Å². The quantitative estimate of drug-likeness (QED) is 0.685. The minimum atomic E-state index is 0.782. The zero-order valence-corrected chi connectivity index (χ0v) is 7.46. The van der Waals surface area contributed by atoms with Gasteiger partial charge in [-0.2, -0.15) is 15.0 Å². The van der Waals surface area contributed by atoms with Crippen molar-refractivity contribution in [1.29, 1.82) is 0 Å². The van der Waals surface area contributed by atoms with Gasteiger partial charge in [-0.1, -0.05) is 0 Å². The topological polar surface area (TPSA) is 48.5 Å². The Morgan fingerprint density at radius 2 is 1.92 bits per heavy atom. The molecule has 0 unspecified atom stereocenters. The fourth-order valence-corrected chi connectivity index (χ4v) is 1.20. The van der Waals surface area contributed by atoms with Crippen LogP contribution in [0.1, 0.15) is 5.82 Å². The second-order valence-corrected chi connectivity index (χ2v) is 2.79. The number of aryl methyl sites for hydroxylation is 3. The number of imidazole rings is 1. The van der Waals surface area contributed by atoms with Gasteiger partial charge >= 0.3 is 0 Å². The van der Waals surface area contributed by atoms with Crippen LogP contribution in [0.15, 0.2) is 24.8 Å². The predicted octanol–water partition coefficient (Wildman–Crippen LogP) is 0.483. The molecule has 0 aromatic carbocycles. The number of hydrogen-bond acceptors (Lipinski definition) is 3. The molecule has 0 saturated heterocycles. The van der Waals surface area contributed by atoms with Gasteiger partial charge in [-0.05, 0) is 6.92 Å². The van der Waals surface area contributed by atoms with Gasteiger partial charge in [0.25, 0.3) is 0 Å². The molecular weight excluding hydrogens is 166 g/mol. The van der Waals surface area contributed by atoms with Crippen LogP contribution in [0.4, 0.5) is 0 Å². The summed E-state index contributed by atoms with van der Waals surface area (Å²) >= 11 is 0. The van der Waals surface area contributed by atoms with Crippen molar-refractivity contribution in [3.63, 3.8) is 0 Å². The maximum absolute atomic E-state index is 4.13. The van der Waals surface area contributed by atoms with Gasteiger partial charge in [0.15, 0.2) is 0 Å². The van der Waals surface area contributed by atoms with E-state index in [2.05, 4.69) is 19.7 Å². The van der Waals surface area contributed by atoms with Crippen molar-refractivity contribution in [2.45, 2.75) is 20.0 Å². The van der Waals surface area contributed by atoms with E-state index in [1.54, 1.807) is 23.4 Å². The van der Waals surface area contributed by atoms with Gasteiger partial charge in [-0.3, -0.25) is 0 Å². The van der Waals surface area contributed by atoms with Gasteiger partial charge < -0.3 is 4.57 Å². The summed E-state index contributed by atoms with van der Waals surface area (Å²) in [6.07, 6.45) is 7.12. The summed E-state index contributed by atoms with van der Waals surface area (Å²) in [5.74, 6) is 1.02. The van der Waals surface area contributed by atoms with Crippen molar-refractivity contribution in [2.75, 3.05) is 0 Å². The molecular formula is C8H11N5. The molecule has 2 rings (SSSR count). The molecule has 0 amide bonds. The average Bonchev–Trinajstić information content (AvgIpc) is 2.72. The monoisotopic (exact) mass is 177 g/mol. The molecule has 0 aliphatic rings. The highest BCUT2D eigenvalue weighted by atomic mass is 15.5. The Morgan fingerprint density at radius 1 is 1.15 bits per heavy atom. The molecule has 68 valence electrons. The highest BCUT2D eigenvalue weighted by molar-refractivity contribution is 4.87. The Labute approximate surface area is 76.0 Å². The van der Waals surface area contributed by atoms with Gasteiger partial charge in [0.05, 0.1) is 18.9 Å². The molecule has 0 radical (unpaired) electrons. The predicted molar refractivity (Wildman–Crippen MR) is 47.0 cm³/mol. The van der Waals surface area contributed by atoms with Crippen LogP contribution in [-0.2, 0) is 13.1 Å². The molecule has 0 fully saturated rings. The highest BCUT2D eigenvalue weighted by Crippen LogP contribution is 1.95. The molecule has 13 heavy (non-hydrogen) atoms. The van der Waals surface area contributed by atoms with E-state index < -0.39 is 0 Å². The number of hydrogen-bond donors (Lipinski definition) is 0. The highest BCUT2D eigenvalue weighted by Gasteiger charge is 1.97. The van der Waals surface area contributed by atoms with E-state index in [0.717, 1.165) is 18.9 Å².